The minimum Gasteiger partial charge on any atom is -0.480 e. The van der Waals surface area contributed by atoms with E-state index in [-0.39, 0.29) is 25.3 Å². The van der Waals surface area contributed by atoms with Crippen molar-refractivity contribution in [1.82, 2.24) is 10.2 Å². The van der Waals surface area contributed by atoms with Crippen molar-refractivity contribution in [2.45, 2.75) is 44.9 Å². The number of carboxylic acid groups (broad SMARTS) is 1. The lowest BCUT2D eigenvalue weighted by Gasteiger charge is -2.24. The molecule has 0 bridgehead atoms. The molecule has 0 spiro atoms. The van der Waals surface area contributed by atoms with Crippen molar-refractivity contribution in [3.05, 3.63) is 12.2 Å². The molecule has 2 amide bonds. The normalized spacial score (nSPS) is 23.2. The second kappa shape index (κ2) is 6.51. The zero-order valence-corrected chi connectivity index (χ0v) is 11.6. The molecule has 3 atom stereocenters. The van der Waals surface area contributed by atoms with Crippen molar-refractivity contribution in [1.29, 1.82) is 0 Å². The molecule has 20 heavy (non-hydrogen) atoms. The number of carbonyl (C=O) groups excluding carboxylic acids is 2. The van der Waals surface area contributed by atoms with Gasteiger partial charge in [0.1, 0.15) is 12.1 Å². The van der Waals surface area contributed by atoms with Crippen LogP contribution in [0.1, 0.15) is 26.7 Å². The summed E-state index contributed by atoms with van der Waals surface area (Å²) in [4.78, 5) is 35.8. The number of hydrogen-bond acceptors (Lipinski definition) is 4. The van der Waals surface area contributed by atoms with E-state index in [1.165, 1.54) is 11.8 Å². The maximum absolute atomic E-state index is 12.1. The highest BCUT2D eigenvalue weighted by molar-refractivity contribution is 5.90. The van der Waals surface area contributed by atoms with Gasteiger partial charge in [0.25, 0.3) is 0 Å². The molecule has 3 N–H and O–H groups in total. The van der Waals surface area contributed by atoms with Gasteiger partial charge in [0, 0.05) is 19.9 Å². The summed E-state index contributed by atoms with van der Waals surface area (Å²) in [5, 5.41) is 21.0. The van der Waals surface area contributed by atoms with Gasteiger partial charge in [0.15, 0.2) is 0 Å². The molecule has 112 valence electrons. The molecule has 0 unspecified atom stereocenters. The molecule has 7 heteroatoms. The van der Waals surface area contributed by atoms with Gasteiger partial charge in [-0.25, -0.2) is 4.79 Å². The van der Waals surface area contributed by atoms with E-state index < -0.39 is 30.1 Å². The largest absolute Gasteiger partial charge is 0.480 e. The van der Waals surface area contributed by atoms with E-state index in [1.807, 2.05) is 0 Å². The number of β-amino-alcohol motifs (C(OH)–C–C–N with tert-alkyl or cyclic N) is 1. The number of carboxylic acids is 1. The number of rotatable bonds is 5. The molecule has 1 aliphatic heterocycles. The van der Waals surface area contributed by atoms with Gasteiger partial charge in [-0.1, -0.05) is 5.57 Å². The fraction of sp³-hybridized carbons (Fsp3) is 0.615. The van der Waals surface area contributed by atoms with Crippen molar-refractivity contribution >= 4 is 17.8 Å². The standard InChI is InChI=1S/C13H20N2O5/c1-7(2)4-10(13(19)20)14-12(18)11-5-9(17)6-15(11)8(3)16/h9-11,17H,1,4-6H2,2-3H3,(H,14,18)(H,19,20)/t9-,10-,11+/m1/s1. The summed E-state index contributed by atoms with van der Waals surface area (Å²) < 4.78 is 0. The highest BCUT2D eigenvalue weighted by Gasteiger charge is 2.38. The lowest BCUT2D eigenvalue weighted by molar-refractivity contribution is -0.143. The van der Waals surface area contributed by atoms with E-state index in [2.05, 4.69) is 11.9 Å². The van der Waals surface area contributed by atoms with Gasteiger partial charge in [0.2, 0.25) is 11.8 Å². The topological polar surface area (TPSA) is 107 Å². The maximum Gasteiger partial charge on any atom is 0.326 e. The van der Waals surface area contributed by atoms with Crippen LogP contribution >= 0.6 is 0 Å². The first-order valence-electron chi connectivity index (χ1n) is 6.35. The van der Waals surface area contributed by atoms with Crippen LogP contribution in [0, 0.1) is 0 Å². The number of amides is 2. The van der Waals surface area contributed by atoms with Gasteiger partial charge in [-0.05, 0) is 13.3 Å². The Kier molecular flexibility index (Phi) is 5.26. The number of nitrogens with one attached hydrogen (secondary N) is 1. The predicted molar refractivity (Wildman–Crippen MR) is 70.8 cm³/mol. The Bertz CT molecular complexity index is 434. The Morgan fingerprint density at radius 1 is 1.40 bits per heavy atom. The molecule has 0 saturated carbocycles. The van der Waals surface area contributed by atoms with Crippen molar-refractivity contribution in [3.63, 3.8) is 0 Å². The third-order valence-electron chi connectivity index (χ3n) is 3.15. The lowest BCUT2D eigenvalue weighted by Crippen LogP contribution is -2.50. The summed E-state index contributed by atoms with van der Waals surface area (Å²) in [5.41, 5.74) is 0.632. The number of likely N-dealkylation sites (tertiary alicyclic amines) is 1. The number of aliphatic hydroxyl groups is 1. The van der Waals surface area contributed by atoms with Crippen LogP contribution in [0.25, 0.3) is 0 Å². The lowest BCUT2D eigenvalue weighted by atomic mass is 10.1. The number of hydrogen-bond donors (Lipinski definition) is 3. The minimum atomic E-state index is -1.16. The summed E-state index contributed by atoms with van der Waals surface area (Å²) in [6.07, 6.45) is -0.527. The summed E-state index contributed by atoms with van der Waals surface area (Å²) in [6.45, 7) is 6.68. The van der Waals surface area contributed by atoms with Crippen LogP contribution in [-0.4, -0.2) is 57.6 Å². The molecular weight excluding hydrogens is 264 g/mol. The quantitative estimate of drug-likeness (QED) is 0.590. The van der Waals surface area contributed by atoms with Crippen LogP contribution in [0.3, 0.4) is 0 Å². The maximum atomic E-state index is 12.1. The fourth-order valence-corrected chi connectivity index (χ4v) is 2.23. The van der Waals surface area contributed by atoms with Crippen LogP contribution < -0.4 is 5.32 Å². The first kappa shape index (κ1) is 16.2. The third kappa shape index (κ3) is 4.06. The first-order valence-corrected chi connectivity index (χ1v) is 6.35. The van der Waals surface area contributed by atoms with E-state index in [9.17, 15) is 19.5 Å². The zero-order chi connectivity index (χ0) is 15.4. The summed E-state index contributed by atoms with van der Waals surface area (Å²) in [7, 11) is 0. The van der Waals surface area contributed by atoms with E-state index in [4.69, 9.17) is 5.11 Å². The molecule has 1 heterocycles. The van der Waals surface area contributed by atoms with E-state index in [0.717, 1.165) is 0 Å². The minimum absolute atomic E-state index is 0.0889. The summed E-state index contributed by atoms with van der Waals surface area (Å²) in [6, 6.07) is -1.90. The number of aliphatic carboxylic acids is 1. The molecule has 0 aromatic heterocycles. The summed E-state index contributed by atoms with van der Waals surface area (Å²) >= 11 is 0. The Morgan fingerprint density at radius 3 is 2.45 bits per heavy atom. The molecule has 1 rings (SSSR count). The van der Waals surface area contributed by atoms with Gasteiger partial charge in [-0.15, -0.1) is 6.58 Å². The molecule has 0 aromatic rings. The average Bonchev–Trinajstić information content (AvgIpc) is 2.69. The van der Waals surface area contributed by atoms with Crippen LogP contribution in [0.4, 0.5) is 0 Å². The molecule has 0 aromatic carbocycles. The SMILES string of the molecule is C=C(C)C[C@@H](NC(=O)[C@@H]1C[C@@H](O)CN1C(C)=O)C(=O)O. The predicted octanol–water partition coefficient (Wildman–Crippen LogP) is -0.496. The highest BCUT2D eigenvalue weighted by atomic mass is 16.4. The van der Waals surface area contributed by atoms with Gasteiger partial charge in [-0.3, -0.25) is 9.59 Å². The Morgan fingerprint density at radius 2 is 2.00 bits per heavy atom. The monoisotopic (exact) mass is 284 g/mol. The second-order valence-electron chi connectivity index (χ2n) is 5.14. The molecule has 1 fully saturated rings. The molecule has 7 nitrogen and oxygen atoms in total. The molecule has 0 radical (unpaired) electrons. The van der Waals surface area contributed by atoms with E-state index in [1.54, 1.807) is 6.92 Å². The van der Waals surface area contributed by atoms with Gasteiger partial charge in [-0.2, -0.15) is 0 Å². The molecule has 1 aliphatic rings. The molecule has 0 aliphatic carbocycles. The van der Waals surface area contributed by atoms with Crippen LogP contribution in [0.5, 0.6) is 0 Å². The van der Waals surface area contributed by atoms with Crippen LogP contribution in [-0.2, 0) is 14.4 Å². The highest BCUT2D eigenvalue weighted by Crippen LogP contribution is 2.18. The van der Waals surface area contributed by atoms with Crippen LogP contribution in [0.15, 0.2) is 12.2 Å². The van der Waals surface area contributed by atoms with Gasteiger partial charge >= 0.3 is 5.97 Å². The number of aliphatic hydroxyl groups excluding tert-OH is 1. The molecule has 1 saturated heterocycles. The van der Waals surface area contributed by atoms with Gasteiger partial charge < -0.3 is 20.4 Å². The van der Waals surface area contributed by atoms with Crippen molar-refractivity contribution < 1.29 is 24.6 Å². The van der Waals surface area contributed by atoms with E-state index >= 15 is 0 Å². The third-order valence-corrected chi connectivity index (χ3v) is 3.15. The smallest absolute Gasteiger partial charge is 0.326 e. The average molecular weight is 284 g/mol. The first-order chi connectivity index (χ1) is 9.22. The number of nitrogens with zero attached hydrogens (tertiary/aromatic N) is 1. The van der Waals surface area contributed by atoms with Gasteiger partial charge in [0.05, 0.1) is 6.10 Å². The number of carbonyl (C=O) groups is 3. The van der Waals surface area contributed by atoms with Crippen molar-refractivity contribution in [2.75, 3.05) is 6.54 Å². The Labute approximate surface area is 117 Å². The Balaban J connectivity index is 2.75. The fourth-order valence-electron chi connectivity index (χ4n) is 2.23. The zero-order valence-electron chi connectivity index (χ0n) is 11.6. The summed E-state index contributed by atoms with van der Waals surface area (Å²) in [5.74, 6) is -2.05. The second-order valence-corrected chi connectivity index (χ2v) is 5.14. The van der Waals surface area contributed by atoms with Crippen LogP contribution in [0.2, 0.25) is 0 Å². The van der Waals surface area contributed by atoms with E-state index in [0.29, 0.717) is 5.57 Å². The molecular formula is C13H20N2O5. The van der Waals surface area contributed by atoms with Crippen molar-refractivity contribution in [2.24, 2.45) is 0 Å². The van der Waals surface area contributed by atoms with Crippen molar-refractivity contribution in [3.8, 4) is 0 Å². The Hall–Kier alpha value is -1.89.